The Morgan fingerprint density at radius 3 is 2.95 bits per heavy atom. The molecule has 0 radical (unpaired) electrons. The maximum atomic E-state index is 13.9. The van der Waals surface area contributed by atoms with Gasteiger partial charge in [0.1, 0.15) is 11.4 Å². The number of morpholine rings is 1. The number of hydrogen-bond donors (Lipinski definition) is 0. The third-order valence-electron chi connectivity index (χ3n) is 4.00. The summed E-state index contributed by atoms with van der Waals surface area (Å²) in [5, 5.41) is 0. The zero-order valence-corrected chi connectivity index (χ0v) is 11.5. The number of halogens is 1. The van der Waals surface area contributed by atoms with Gasteiger partial charge in [0.25, 0.3) is 0 Å². The van der Waals surface area contributed by atoms with Gasteiger partial charge in [0, 0.05) is 26.1 Å². The largest absolute Gasteiger partial charge is 0.378 e. The Labute approximate surface area is 117 Å². The van der Waals surface area contributed by atoms with Gasteiger partial charge in [-0.05, 0) is 19.1 Å². The highest BCUT2D eigenvalue weighted by molar-refractivity contribution is 6.00. The van der Waals surface area contributed by atoms with E-state index in [2.05, 4.69) is 0 Å². The first-order valence-electron chi connectivity index (χ1n) is 6.87. The second-order valence-corrected chi connectivity index (χ2v) is 5.45. The van der Waals surface area contributed by atoms with E-state index in [0.29, 0.717) is 38.6 Å². The molecular weight excluding hydrogens is 261 g/mol. The molecular formula is C15H18FNO3. The number of benzene rings is 1. The van der Waals surface area contributed by atoms with Crippen LogP contribution in [0.25, 0.3) is 0 Å². The van der Waals surface area contributed by atoms with Gasteiger partial charge in [-0.15, -0.1) is 0 Å². The molecule has 2 heterocycles. The lowest BCUT2D eigenvalue weighted by atomic mass is 9.99. The average Bonchev–Trinajstić information content (AvgIpc) is 2.86. The standard InChI is InChI=1S/C15H18FNO3/c1-11(18)14-12(16)3-2-4-13(14)17-6-8-20-15(9-17)5-7-19-10-15/h2-4H,5-10H2,1H3. The van der Waals surface area contributed by atoms with Crippen LogP contribution in [-0.4, -0.2) is 44.3 Å². The summed E-state index contributed by atoms with van der Waals surface area (Å²) < 4.78 is 25.2. The number of nitrogens with zero attached hydrogens (tertiary/aromatic N) is 1. The zero-order chi connectivity index (χ0) is 14.2. The number of carbonyl (C=O) groups is 1. The average molecular weight is 279 g/mol. The summed E-state index contributed by atoms with van der Waals surface area (Å²) in [5.74, 6) is -0.709. The second kappa shape index (κ2) is 5.14. The van der Waals surface area contributed by atoms with E-state index in [9.17, 15) is 9.18 Å². The summed E-state index contributed by atoms with van der Waals surface area (Å²) in [7, 11) is 0. The fraction of sp³-hybridized carbons (Fsp3) is 0.533. The van der Waals surface area contributed by atoms with Gasteiger partial charge < -0.3 is 14.4 Å². The quantitative estimate of drug-likeness (QED) is 0.776. The molecule has 2 fully saturated rings. The van der Waals surface area contributed by atoms with Crippen molar-refractivity contribution in [2.75, 3.05) is 37.8 Å². The van der Waals surface area contributed by atoms with Crippen molar-refractivity contribution in [3.8, 4) is 0 Å². The molecule has 1 atom stereocenters. The summed E-state index contributed by atoms with van der Waals surface area (Å²) >= 11 is 0. The lowest BCUT2D eigenvalue weighted by Crippen LogP contribution is -2.52. The molecule has 2 aliphatic heterocycles. The number of ketones is 1. The van der Waals surface area contributed by atoms with Crippen LogP contribution in [-0.2, 0) is 9.47 Å². The normalized spacial score (nSPS) is 26.2. The molecule has 4 nitrogen and oxygen atoms in total. The Balaban J connectivity index is 1.93. The molecule has 5 heteroatoms. The summed E-state index contributed by atoms with van der Waals surface area (Å²) in [6.45, 7) is 4.51. The molecule has 108 valence electrons. The van der Waals surface area contributed by atoms with E-state index in [-0.39, 0.29) is 16.9 Å². The number of rotatable bonds is 2. The fourth-order valence-electron chi connectivity index (χ4n) is 3.00. The Bertz CT molecular complexity index is 526. The lowest BCUT2D eigenvalue weighted by molar-refractivity contribution is -0.0579. The minimum Gasteiger partial charge on any atom is -0.378 e. The molecule has 0 aliphatic carbocycles. The third-order valence-corrected chi connectivity index (χ3v) is 4.00. The van der Waals surface area contributed by atoms with Crippen LogP contribution < -0.4 is 4.90 Å². The van der Waals surface area contributed by atoms with Crippen LogP contribution in [0.4, 0.5) is 10.1 Å². The van der Waals surface area contributed by atoms with Crippen molar-refractivity contribution in [1.29, 1.82) is 0 Å². The van der Waals surface area contributed by atoms with E-state index in [1.54, 1.807) is 12.1 Å². The van der Waals surface area contributed by atoms with Gasteiger partial charge in [0.15, 0.2) is 5.78 Å². The zero-order valence-electron chi connectivity index (χ0n) is 11.5. The molecule has 1 unspecified atom stereocenters. The van der Waals surface area contributed by atoms with E-state index in [0.717, 1.165) is 6.42 Å². The highest BCUT2D eigenvalue weighted by atomic mass is 19.1. The van der Waals surface area contributed by atoms with Crippen LogP contribution in [0.5, 0.6) is 0 Å². The molecule has 0 bridgehead atoms. The Morgan fingerprint density at radius 1 is 1.40 bits per heavy atom. The number of ether oxygens (including phenoxy) is 2. The van der Waals surface area contributed by atoms with Crippen molar-refractivity contribution in [2.24, 2.45) is 0 Å². The highest BCUT2D eigenvalue weighted by Gasteiger charge is 2.41. The monoisotopic (exact) mass is 279 g/mol. The predicted molar refractivity (Wildman–Crippen MR) is 72.7 cm³/mol. The maximum absolute atomic E-state index is 13.9. The van der Waals surface area contributed by atoms with Crippen molar-refractivity contribution in [3.63, 3.8) is 0 Å². The molecule has 3 rings (SSSR count). The van der Waals surface area contributed by atoms with Gasteiger partial charge in [-0.3, -0.25) is 4.79 Å². The smallest absolute Gasteiger partial charge is 0.164 e. The van der Waals surface area contributed by atoms with Crippen molar-refractivity contribution in [2.45, 2.75) is 18.9 Å². The predicted octanol–water partition coefficient (Wildman–Crippen LogP) is 2.02. The Hall–Kier alpha value is -1.46. The van der Waals surface area contributed by atoms with E-state index in [1.165, 1.54) is 13.0 Å². The van der Waals surface area contributed by atoms with E-state index in [4.69, 9.17) is 9.47 Å². The van der Waals surface area contributed by atoms with Crippen LogP contribution in [0.1, 0.15) is 23.7 Å². The third kappa shape index (κ3) is 2.31. The van der Waals surface area contributed by atoms with Crippen LogP contribution in [0.15, 0.2) is 18.2 Å². The van der Waals surface area contributed by atoms with Crippen molar-refractivity contribution in [3.05, 3.63) is 29.6 Å². The van der Waals surface area contributed by atoms with Gasteiger partial charge in [-0.25, -0.2) is 4.39 Å². The number of anilines is 1. The first-order valence-corrected chi connectivity index (χ1v) is 6.87. The van der Waals surface area contributed by atoms with E-state index < -0.39 is 5.82 Å². The van der Waals surface area contributed by atoms with Crippen molar-refractivity contribution < 1.29 is 18.7 Å². The lowest BCUT2D eigenvalue weighted by Gasteiger charge is -2.41. The molecule has 1 aromatic rings. The maximum Gasteiger partial charge on any atom is 0.164 e. The summed E-state index contributed by atoms with van der Waals surface area (Å²) in [6, 6.07) is 4.77. The molecule has 1 spiro atoms. The number of Topliss-reactive ketones (excluding diaryl/α,β-unsaturated/α-hetero) is 1. The van der Waals surface area contributed by atoms with Gasteiger partial charge in [0.05, 0.1) is 24.5 Å². The Morgan fingerprint density at radius 2 is 2.25 bits per heavy atom. The summed E-state index contributed by atoms with van der Waals surface area (Å²) in [5.41, 5.74) is 0.522. The first kappa shape index (κ1) is 13.5. The molecule has 0 aromatic heterocycles. The summed E-state index contributed by atoms with van der Waals surface area (Å²) in [6.07, 6.45) is 0.841. The fourth-order valence-corrected chi connectivity index (χ4v) is 3.00. The number of hydrogen-bond acceptors (Lipinski definition) is 4. The van der Waals surface area contributed by atoms with Crippen molar-refractivity contribution in [1.82, 2.24) is 0 Å². The van der Waals surface area contributed by atoms with Gasteiger partial charge >= 0.3 is 0 Å². The van der Waals surface area contributed by atoms with Gasteiger partial charge in [-0.2, -0.15) is 0 Å². The van der Waals surface area contributed by atoms with Crippen molar-refractivity contribution >= 4 is 11.5 Å². The van der Waals surface area contributed by atoms with Crippen LogP contribution in [0.2, 0.25) is 0 Å². The topological polar surface area (TPSA) is 38.8 Å². The second-order valence-electron chi connectivity index (χ2n) is 5.45. The van der Waals surface area contributed by atoms with E-state index in [1.807, 2.05) is 4.90 Å². The molecule has 0 saturated carbocycles. The van der Waals surface area contributed by atoms with Crippen LogP contribution in [0.3, 0.4) is 0 Å². The highest BCUT2D eigenvalue weighted by Crippen LogP contribution is 2.32. The SMILES string of the molecule is CC(=O)c1c(F)cccc1N1CCOC2(CCOC2)C1. The molecule has 0 amide bonds. The van der Waals surface area contributed by atoms with E-state index >= 15 is 0 Å². The molecule has 20 heavy (non-hydrogen) atoms. The Kier molecular flexibility index (Phi) is 3.48. The van der Waals surface area contributed by atoms with Gasteiger partial charge in [0.2, 0.25) is 0 Å². The van der Waals surface area contributed by atoms with Crippen LogP contribution >= 0.6 is 0 Å². The summed E-state index contributed by atoms with van der Waals surface area (Å²) in [4.78, 5) is 13.8. The first-order chi connectivity index (χ1) is 9.61. The molecule has 2 aliphatic rings. The molecule has 0 N–H and O–H groups in total. The molecule has 1 aromatic carbocycles. The molecule has 2 saturated heterocycles. The van der Waals surface area contributed by atoms with Crippen LogP contribution in [0, 0.1) is 5.82 Å². The number of carbonyl (C=O) groups excluding carboxylic acids is 1. The minimum absolute atomic E-state index is 0.170. The minimum atomic E-state index is -0.460. The van der Waals surface area contributed by atoms with Gasteiger partial charge in [-0.1, -0.05) is 6.07 Å².